The number of carbonyl (C=O) groups excluding carboxylic acids is 1. The molecule has 1 aromatic heterocycles. The Hall–Kier alpha value is -2.28. The van der Waals surface area contributed by atoms with E-state index in [2.05, 4.69) is 43.2 Å². The van der Waals surface area contributed by atoms with Crippen molar-refractivity contribution in [1.82, 2.24) is 4.98 Å². The molecule has 1 amide bonds. The van der Waals surface area contributed by atoms with Gasteiger partial charge >= 0.3 is 0 Å². The summed E-state index contributed by atoms with van der Waals surface area (Å²) < 4.78 is 0. The van der Waals surface area contributed by atoms with Crippen LogP contribution in [0.25, 0.3) is 11.3 Å². The van der Waals surface area contributed by atoms with Gasteiger partial charge in [0.1, 0.15) is 5.92 Å². The third-order valence-corrected chi connectivity index (χ3v) is 4.90. The molecular formula is C17H19N3O3S. The average molecular weight is 345 g/mol. The van der Waals surface area contributed by atoms with Crippen molar-refractivity contribution in [2.45, 2.75) is 38.6 Å². The van der Waals surface area contributed by atoms with E-state index in [4.69, 9.17) is 0 Å². The van der Waals surface area contributed by atoms with E-state index in [-0.39, 0.29) is 11.3 Å². The van der Waals surface area contributed by atoms with Gasteiger partial charge in [0.2, 0.25) is 11.9 Å². The molecule has 0 bridgehead atoms. The number of carbonyl (C=O) groups is 1. The third-order valence-electron chi connectivity index (χ3n) is 4.15. The van der Waals surface area contributed by atoms with Crippen molar-refractivity contribution in [3.8, 4) is 11.3 Å². The molecule has 2 unspecified atom stereocenters. The maximum absolute atomic E-state index is 11.9. The van der Waals surface area contributed by atoms with E-state index in [9.17, 15) is 14.9 Å². The van der Waals surface area contributed by atoms with Crippen molar-refractivity contribution in [2.75, 3.05) is 5.32 Å². The van der Waals surface area contributed by atoms with Crippen molar-refractivity contribution in [1.29, 1.82) is 0 Å². The largest absolute Gasteiger partial charge is 0.301 e. The smallest absolute Gasteiger partial charge is 0.236 e. The maximum atomic E-state index is 11.9. The fourth-order valence-electron chi connectivity index (χ4n) is 2.50. The molecule has 1 N–H and O–H groups in total. The van der Waals surface area contributed by atoms with Gasteiger partial charge in [0.05, 0.1) is 5.69 Å². The van der Waals surface area contributed by atoms with Crippen LogP contribution in [0.5, 0.6) is 0 Å². The third kappa shape index (κ3) is 3.46. The highest BCUT2D eigenvalue weighted by Gasteiger charge is 2.53. The van der Waals surface area contributed by atoms with Crippen molar-refractivity contribution in [2.24, 2.45) is 5.92 Å². The molecule has 126 valence electrons. The molecule has 2 aromatic rings. The summed E-state index contributed by atoms with van der Waals surface area (Å²) in [5.74, 6) is -0.848. The van der Waals surface area contributed by atoms with Crippen LogP contribution in [0, 0.1) is 16.0 Å². The van der Waals surface area contributed by atoms with E-state index < -0.39 is 16.9 Å². The summed E-state index contributed by atoms with van der Waals surface area (Å²) in [6.45, 7) is 6.48. The number of aromatic nitrogens is 1. The molecule has 1 fully saturated rings. The number of nitro groups is 1. The molecule has 1 aliphatic carbocycles. The van der Waals surface area contributed by atoms with Crippen molar-refractivity contribution in [3.63, 3.8) is 0 Å². The lowest BCUT2D eigenvalue weighted by atomic mass is 9.86. The summed E-state index contributed by atoms with van der Waals surface area (Å²) in [5.41, 5.74) is 3.11. The Labute approximate surface area is 144 Å². The summed E-state index contributed by atoms with van der Waals surface area (Å²) in [7, 11) is 0. The number of nitrogens with one attached hydrogen (secondary N) is 1. The fraction of sp³-hybridized carbons (Fsp3) is 0.412. The number of hydrogen-bond acceptors (Lipinski definition) is 5. The second-order valence-corrected chi connectivity index (χ2v) is 7.91. The van der Waals surface area contributed by atoms with Gasteiger partial charge in [-0.25, -0.2) is 4.98 Å². The monoisotopic (exact) mass is 345 g/mol. The van der Waals surface area contributed by atoms with Crippen LogP contribution in [0.3, 0.4) is 0 Å². The molecule has 1 heterocycles. The Morgan fingerprint density at radius 1 is 1.33 bits per heavy atom. The first-order valence-corrected chi connectivity index (χ1v) is 8.64. The fourth-order valence-corrected chi connectivity index (χ4v) is 3.22. The quantitative estimate of drug-likeness (QED) is 0.676. The lowest BCUT2D eigenvalue weighted by molar-refractivity contribution is -0.497. The summed E-state index contributed by atoms with van der Waals surface area (Å²) in [4.78, 5) is 26.6. The average Bonchev–Trinajstić information content (AvgIpc) is 3.20. The highest BCUT2D eigenvalue weighted by Crippen LogP contribution is 2.35. The Kier molecular flexibility index (Phi) is 4.13. The normalized spacial score (nSPS) is 19.8. The molecule has 0 radical (unpaired) electrons. The van der Waals surface area contributed by atoms with Crippen LogP contribution < -0.4 is 5.32 Å². The zero-order valence-corrected chi connectivity index (χ0v) is 14.6. The Morgan fingerprint density at radius 2 is 2.00 bits per heavy atom. The molecular weight excluding hydrogens is 326 g/mol. The minimum atomic E-state index is -0.741. The summed E-state index contributed by atoms with van der Waals surface area (Å²) >= 11 is 1.32. The SMILES string of the molecule is CC(C)(C)c1ccc(-c2csc(NC(=O)C3CC3[N+](=O)[O-])n2)cc1. The minimum Gasteiger partial charge on any atom is -0.301 e. The molecule has 2 atom stereocenters. The molecule has 0 aliphatic heterocycles. The van der Waals surface area contributed by atoms with Gasteiger partial charge in [-0.15, -0.1) is 11.3 Å². The van der Waals surface area contributed by atoms with Crippen LogP contribution in [0.15, 0.2) is 29.6 Å². The van der Waals surface area contributed by atoms with Gasteiger partial charge in [-0.1, -0.05) is 45.0 Å². The van der Waals surface area contributed by atoms with Crippen LogP contribution in [0.4, 0.5) is 5.13 Å². The van der Waals surface area contributed by atoms with E-state index in [1.54, 1.807) is 0 Å². The first kappa shape index (κ1) is 16.6. The number of thiazole rings is 1. The second kappa shape index (κ2) is 5.98. The highest BCUT2D eigenvalue weighted by atomic mass is 32.1. The number of anilines is 1. The molecule has 24 heavy (non-hydrogen) atoms. The van der Waals surface area contributed by atoms with Crippen molar-refractivity contribution >= 4 is 22.4 Å². The maximum Gasteiger partial charge on any atom is 0.236 e. The molecule has 1 aromatic carbocycles. The molecule has 0 saturated heterocycles. The Balaban J connectivity index is 1.67. The first-order valence-electron chi connectivity index (χ1n) is 7.76. The predicted octanol–water partition coefficient (Wildman–Crippen LogP) is 3.71. The summed E-state index contributed by atoms with van der Waals surface area (Å²) in [6, 6.07) is 7.46. The van der Waals surface area contributed by atoms with Crippen LogP contribution in [0.2, 0.25) is 0 Å². The summed E-state index contributed by atoms with van der Waals surface area (Å²) in [6.07, 6.45) is 0.311. The Morgan fingerprint density at radius 3 is 2.54 bits per heavy atom. The van der Waals surface area contributed by atoms with Gasteiger partial charge in [-0.2, -0.15) is 0 Å². The van der Waals surface area contributed by atoms with Crippen LogP contribution in [0.1, 0.15) is 32.8 Å². The zero-order valence-electron chi connectivity index (χ0n) is 13.8. The van der Waals surface area contributed by atoms with E-state index in [0.717, 1.165) is 11.3 Å². The van der Waals surface area contributed by atoms with Crippen LogP contribution in [-0.4, -0.2) is 21.9 Å². The van der Waals surface area contributed by atoms with Gasteiger partial charge in [-0.3, -0.25) is 14.9 Å². The minimum absolute atomic E-state index is 0.0948. The molecule has 6 nitrogen and oxygen atoms in total. The van der Waals surface area contributed by atoms with Gasteiger partial charge in [0, 0.05) is 22.3 Å². The van der Waals surface area contributed by atoms with E-state index in [1.807, 2.05) is 17.5 Å². The van der Waals surface area contributed by atoms with Gasteiger partial charge in [0.25, 0.3) is 0 Å². The predicted molar refractivity (Wildman–Crippen MR) is 93.8 cm³/mol. The second-order valence-electron chi connectivity index (χ2n) is 7.05. The molecule has 0 spiro atoms. The van der Waals surface area contributed by atoms with Crippen LogP contribution in [-0.2, 0) is 10.2 Å². The summed E-state index contributed by atoms with van der Waals surface area (Å²) in [5, 5.41) is 15.7. The number of rotatable bonds is 4. The lowest BCUT2D eigenvalue weighted by Gasteiger charge is -2.18. The number of hydrogen-bond donors (Lipinski definition) is 1. The number of amides is 1. The van der Waals surface area contributed by atoms with E-state index in [1.165, 1.54) is 16.9 Å². The van der Waals surface area contributed by atoms with Gasteiger partial charge in [0.15, 0.2) is 5.13 Å². The molecule has 7 heteroatoms. The van der Waals surface area contributed by atoms with Crippen molar-refractivity contribution in [3.05, 3.63) is 45.3 Å². The van der Waals surface area contributed by atoms with Crippen LogP contribution >= 0.6 is 11.3 Å². The van der Waals surface area contributed by atoms with Gasteiger partial charge in [-0.05, 0) is 11.0 Å². The van der Waals surface area contributed by atoms with E-state index in [0.29, 0.717) is 11.6 Å². The topological polar surface area (TPSA) is 85.1 Å². The molecule has 1 aliphatic rings. The molecule has 3 rings (SSSR count). The van der Waals surface area contributed by atoms with E-state index >= 15 is 0 Å². The number of benzene rings is 1. The highest BCUT2D eigenvalue weighted by molar-refractivity contribution is 7.14. The standard InChI is InChI=1S/C17H19N3O3S/c1-17(2,3)11-6-4-10(5-7-11)13-9-24-16(18-13)19-15(21)12-8-14(12)20(22)23/h4-7,9,12,14H,8H2,1-3H3,(H,18,19,21). The Bertz CT molecular complexity index is 777. The zero-order chi connectivity index (χ0) is 17.5. The van der Waals surface area contributed by atoms with Gasteiger partial charge < -0.3 is 5.32 Å². The lowest BCUT2D eigenvalue weighted by Crippen LogP contribution is -2.18. The van der Waals surface area contributed by atoms with Crippen molar-refractivity contribution < 1.29 is 9.72 Å². The number of nitrogens with zero attached hydrogens (tertiary/aromatic N) is 2. The molecule has 1 saturated carbocycles. The first-order chi connectivity index (χ1) is 11.3.